The summed E-state index contributed by atoms with van der Waals surface area (Å²) in [6, 6.07) is 7.11. The molecule has 0 aliphatic heterocycles. The zero-order chi connectivity index (χ0) is 16.5. The molecule has 0 spiro atoms. The molecule has 22 heavy (non-hydrogen) atoms. The summed E-state index contributed by atoms with van der Waals surface area (Å²) in [5.41, 5.74) is 0.584. The van der Waals surface area contributed by atoms with Gasteiger partial charge in [0.05, 0.1) is 12.8 Å². The Bertz CT molecular complexity index is 501. The fraction of sp³-hybridized carbons (Fsp3) is 0.529. The third-order valence-corrected chi connectivity index (χ3v) is 3.75. The third-order valence-electron chi connectivity index (χ3n) is 3.75. The number of ether oxygens (including phenoxy) is 1. The zero-order valence-electron chi connectivity index (χ0n) is 13.4. The van der Waals surface area contributed by atoms with Crippen molar-refractivity contribution in [2.75, 3.05) is 12.4 Å². The minimum Gasteiger partial charge on any atom is -0.550 e. The van der Waals surface area contributed by atoms with E-state index in [0.717, 1.165) is 12.8 Å². The minimum atomic E-state index is -1.08. The van der Waals surface area contributed by atoms with Crippen molar-refractivity contribution in [2.24, 2.45) is 11.8 Å². The van der Waals surface area contributed by atoms with Crippen LogP contribution >= 0.6 is 0 Å². The molecule has 1 N–H and O–H groups in total. The maximum atomic E-state index is 12.1. The highest BCUT2D eigenvalue weighted by Gasteiger charge is 2.21. The van der Waals surface area contributed by atoms with E-state index in [-0.39, 0.29) is 18.2 Å². The highest BCUT2D eigenvalue weighted by atomic mass is 16.5. The van der Waals surface area contributed by atoms with Crippen molar-refractivity contribution in [2.45, 2.75) is 39.5 Å². The summed E-state index contributed by atoms with van der Waals surface area (Å²) in [5, 5.41) is 14.0. The van der Waals surface area contributed by atoms with Gasteiger partial charge < -0.3 is 20.0 Å². The molecule has 0 saturated carbocycles. The fourth-order valence-corrected chi connectivity index (χ4v) is 2.44. The van der Waals surface area contributed by atoms with Crippen LogP contribution < -0.4 is 15.2 Å². The third kappa shape index (κ3) is 5.39. The second-order valence-corrected chi connectivity index (χ2v) is 5.50. The van der Waals surface area contributed by atoms with Gasteiger partial charge in [0.2, 0.25) is 5.91 Å². The lowest BCUT2D eigenvalue weighted by atomic mass is 9.87. The van der Waals surface area contributed by atoms with Gasteiger partial charge in [-0.15, -0.1) is 0 Å². The molecule has 5 heteroatoms. The molecule has 0 radical (unpaired) electrons. The largest absolute Gasteiger partial charge is 0.550 e. The summed E-state index contributed by atoms with van der Waals surface area (Å²) in [5.74, 6) is -1.59. The molecule has 0 aromatic heterocycles. The summed E-state index contributed by atoms with van der Waals surface area (Å²) in [4.78, 5) is 23.3. The van der Waals surface area contributed by atoms with Crippen molar-refractivity contribution in [3.05, 3.63) is 24.3 Å². The molecule has 0 aliphatic rings. The Balaban J connectivity index is 2.64. The number of hydrogen-bond acceptors (Lipinski definition) is 4. The van der Waals surface area contributed by atoms with Crippen molar-refractivity contribution in [1.29, 1.82) is 0 Å². The second-order valence-electron chi connectivity index (χ2n) is 5.50. The average molecular weight is 306 g/mol. The number of carbonyl (C=O) groups is 2. The van der Waals surface area contributed by atoms with Crippen LogP contribution in [-0.4, -0.2) is 19.0 Å². The first-order chi connectivity index (χ1) is 10.5. The minimum absolute atomic E-state index is 0.139. The first kappa shape index (κ1) is 18.0. The van der Waals surface area contributed by atoms with Gasteiger partial charge in [-0.1, -0.05) is 38.8 Å². The van der Waals surface area contributed by atoms with Crippen LogP contribution in [0.15, 0.2) is 24.3 Å². The number of benzene rings is 1. The quantitative estimate of drug-likeness (QED) is 0.758. The molecule has 1 aromatic rings. The van der Waals surface area contributed by atoms with Crippen molar-refractivity contribution in [1.82, 2.24) is 0 Å². The summed E-state index contributed by atoms with van der Waals surface area (Å²) in [6.07, 6.45) is 2.42. The van der Waals surface area contributed by atoms with Crippen LogP contribution in [0.1, 0.15) is 39.5 Å². The number of rotatable bonds is 9. The van der Waals surface area contributed by atoms with E-state index in [1.165, 1.54) is 7.11 Å². The maximum Gasteiger partial charge on any atom is 0.224 e. The van der Waals surface area contributed by atoms with E-state index < -0.39 is 11.9 Å². The maximum absolute atomic E-state index is 12.1. The molecule has 0 saturated heterocycles. The van der Waals surface area contributed by atoms with Crippen LogP contribution in [0, 0.1) is 11.8 Å². The Morgan fingerprint density at radius 1 is 1.32 bits per heavy atom. The summed E-state index contributed by atoms with van der Waals surface area (Å²) >= 11 is 0. The molecule has 1 aromatic carbocycles. The normalized spacial score (nSPS) is 13.2. The topological polar surface area (TPSA) is 78.5 Å². The van der Waals surface area contributed by atoms with E-state index >= 15 is 0 Å². The number of anilines is 1. The molecule has 0 heterocycles. The Hall–Kier alpha value is -2.04. The highest BCUT2D eigenvalue weighted by Crippen LogP contribution is 2.25. The summed E-state index contributed by atoms with van der Waals surface area (Å²) in [6.45, 7) is 3.78. The van der Waals surface area contributed by atoms with Crippen LogP contribution in [-0.2, 0) is 9.59 Å². The van der Waals surface area contributed by atoms with E-state index in [1.54, 1.807) is 25.1 Å². The molecular formula is C17H24NO4-. The monoisotopic (exact) mass is 306 g/mol. The van der Waals surface area contributed by atoms with E-state index in [2.05, 4.69) is 5.32 Å². The van der Waals surface area contributed by atoms with Gasteiger partial charge in [-0.2, -0.15) is 0 Å². The molecule has 122 valence electrons. The number of hydrogen-bond donors (Lipinski definition) is 1. The molecule has 0 unspecified atom stereocenters. The number of carboxylic acid groups (broad SMARTS) is 1. The number of nitrogens with one attached hydrogen (secondary N) is 1. The van der Waals surface area contributed by atoms with E-state index in [0.29, 0.717) is 17.9 Å². The lowest BCUT2D eigenvalue weighted by Crippen LogP contribution is -2.36. The highest BCUT2D eigenvalue weighted by molar-refractivity contribution is 5.92. The molecule has 0 aliphatic carbocycles. The SMILES string of the molecule is CCCC[C@H](C(=O)[O-])[C@@H](C)CC(=O)Nc1ccccc1OC. The van der Waals surface area contributed by atoms with Crippen LogP contribution in [0.5, 0.6) is 5.75 Å². The molecule has 5 nitrogen and oxygen atoms in total. The Morgan fingerprint density at radius 3 is 2.59 bits per heavy atom. The zero-order valence-corrected chi connectivity index (χ0v) is 13.4. The number of carboxylic acids is 1. The second kappa shape index (κ2) is 9.07. The molecular weight excluding hydrogens is 282 g/mol. The predicted molar refractivity (Wildman–Crippen MR) is 83.4 cm³/mol. The molecule has 0 fully saturated rings. The van der Waals surface area contributed by atoms with E-state index in [1.807, 2.05) is 13.0 Å². The first-order valence-corrected chi connectivity index (χ1v) is 7.63. The van der Waals surface area contributed by atoms with Gasteiger partial charge in [-0.05, 0) is 24.5 Å². The smallest absolute Gasteiger partial charge is 0.224 e. The van der Waals surface area contributed by atoms with Gasteiger partial charge in [0.1, 0.15) is 5.75 Å². The number of carbonyl (C=O) groups excluding carboxylic acids is 2. The Labute approximate surface area is 131 Å². The van der Waals surface area contributed by atoms with Gasteiger partial charge in [0.25, 0.3) is 0 Å². The van der Waals surface area contributed by atoms with Crippen molar-refractivity contribution < 1.29 is 19.4 Å². The van der Waals surface area contributed by atoms with Gasteiger partial charge >= 0.3 is 0 Å². The number of unbranched alkanes of at least 4 members (excludes halogenated alkanes) is 1. The fourth-order valence-electron chi connectivity index (χ4n) is 2.44. The van der Waals surface area contributed by atoms with Crippen LogP contribution in [0.2, 0.25) is 0 Å². The predicted octanol–water partition coefficient (Wildman–Crippen LogP) is 2.22. The van der Waals surface area contributed by atoms with Gasteiger partial charge in [-0.25, -0.2) is 0 Å². The van der Waals surface area contributed by atoms with E-state index in [9.17, 15) is 14.7 Å². The number of amides is 1. The van der Waals surface area contributed by atoms with Gasteiger partial charge in [-0.3, -0.25) is 4.79 Å². The van der Waals surface area contributed by atoms with E-state index in [4.69, 9.17) is 4.74 Å². The average Bonchev–Trinajstić information content (AvgIpc) is 2.47. The van der Waals surface area contributed by atoms with Gasteiger partial charge in [0, 0.05) is 18.3 Å². The molecule has 1 rings (SSSR count). The number of aliphatic carboxylic acids is 1. The number of methoxy groups -OCH3 is 1. The van der Waals surface area contributed by atoms with Crippen molar-refractivity contribution >= 4 is 17.6 Å². The summed E-state index contributed by atoms with van der Waals surface area (Å²) in [7, 11) is 1.53. The van der Waals surface area contributed by atoms with Crippen LogP contribution in [0.4, 0.5) is 5.69 Å². The van der Waals surface area contributed by atoms with Gasteiger partial charge in [0.15, 0.2) is 0 Å². The first-order valence-electron chi connectivity index (χ1n) is 7.63. The lowest BCUT2D eigenvalue weighted by molar-refractivity contribution is -0.313. The molecule has 0 bridgehead atoms. The standard InChI is InChI=1S/C17H25NO4/c1-4-5-8-13(17(20)21)12(2)11-16(19)18-14-9-6-7-10-15(14)22-3/h6-7,9-10,12-13H,4-5,8,11H2,1-3H3,(H,18,19)(H,20,21)/p-1/t12-,13-/m0/s1. The lowest BCUT2D eigenvalue weighted by Gasteiger charge is -2.24. The van der Waals surface area contributed by atoms with Crippen LogP contribution in [0.25, 0.3) is 0 Å². The van der Waals surface area contributed by atoms with Crippen LogP contribution in [0.3, 0.4) is 0 Å². The molecule has 1 amide bonds. The van der Waals surface area contributed by atoms with Crippen molar-refractivity contribution in [3.8, 4) is 5.75 Å². The Kier molecular flexibility index (Phi) is 7.43. The number of para-hydroxylation sites is 2. The summed E-state index contributed by atoms with van der Waals surface area (Å²) < 4.78 is 5.17. The van der Waals surface area contributed by atoms with Crippen molar-refractivity contribution in [3.63, 3.8) is 0 Å². The molecule has 2 atom stereocenters. The Morgan fingerprint density at radius 2 is 2.00 bits per heavy atom.